The smallest absolute Gasteiger partial charge is 0.343 e. The molecular formula is C12H10N2O3. The predicted molar refractivity (Wildman–Crippen MR) is 59.9 cm³/mol. The number of aromatic nitrogens is 2. The van der Waals surface area contributed by atoms with Crippen molar-refractivity contribution in [3.8, 4) is 5.88 Å². The molecule has 2 rings (SSSR count). The third-order valence-corrected chi connectivity index (χ3v) is 2.33. The number of carboxylic acids is 1. The maximum atomic E-state index is 11.0. The average Bonchev–Trinajstić information content (AvgIpc) is 2.30. The number of rotatable bonds is 3. The molecule has 0 aliphatic heterocycles. The molecule has 0 fully saturated rings. The molecule has 0 aliphatic rings. The summed E-state index contributed by atoms with van der Waals surface area (Å²) in [4.78, 5) is 18.4. The Morgan fingerprint density at radius 2 is 1.88 bits per heavy atom. The summed E-state index contributed by atoms with van der Waals surface area (Å²) in [7, 11) is 0. The topological polar surface area (TPSA) is 83.3 Å². The summed E-state index contributed by atoms with van der Waals surface area (Å²) in [5.74, 6) is -1.73. The van der Waals surface area contributed by atoms with Crippen molar-refractivity contribution in [1.29, 1.82) is 0 Å². The third-order valence-electron chi connectivity index (χ3n) is 2.33. The van der Waals surface area contributed by atoms with Gasteiger partial charge in [0.05, 0.1) is 5.69 Å². The largest absolute Gasteiger partial charge is 0.493 e. The molecule has 86 valence electrons. The van der Waals surface area contributed by atoms with Gasteiger partial charge >= 0.3 is 5.97 Å². The van der Waals surface area contributed by atoms with E-state index in [1.54, 1.807) is 0 Å². The molecule has 1 aromatic carbocycles. The van der Waals surface area contributed by atoms with Crippen LogP contribution < -0.4 is 0 Å². The van der Waals surface area contributed by atoms with Gasteiger partial charge in [0.15, 0.2) is 0 Å². The molecule has 5 heteroatoms. The van der Waals surface area contributed by atoms with Gasteiger partial charge in [-0.25, -0.2) is 14.8 Å². The second-order valence-electron chi connectivity index (χ2n) is 3.49. The van der Waals surface area contributed by atoms with Gasteiger partial charge in [0.2, 0.25) is 5.88 Å². The third kappa shape index (κ3) is 2.39. The molecule has 1 heterocycles. The molecule has 0 spiro atoms. The minimum Gasteiger partial charge on any atom is -0.493 e. The number of aromatic carboxylic acids is 1. The summed E-state index contributed by atoms with van der Waals surface area (Å²) in [5.41, 5.74) is 0.987. The van der Waals surface area contributed by atoms with Crippen LogP contribution in [0, 0.1) is 0 Å². The minimum absolute atomic E-state index is 0.239. The Morgan fingerprint density at radius 3 is 2.53 bits per heavy atom. The summed E-state index contributed by atoms with van der Waals surface area (Å²) >= 11 is 0. The Labute approximate surface area is 97.4 Å². The van der Waals surface area contributed by atoms with Crippen LogP contribution in [-0.4, -0.2) is 26.2 Å². The van der Waals surface area contributed by atoms with Crippen LogP contribution >= 0.6 is 0 Å². The van der Waals surface area contributed by atoms with Gasteiger partial charge < -0.3 is 10.2 Å². The monoisotopic (exact) mass is 230 g/mol. The Morgan fingerprint density at radius 1 is 1.18 bits per heavy atom. The number of aromatic hydroxyl groups is 1. The number of hydrogen-bond donors (Lipinski definition) is 2. The predicted octanol–water partition coefficient (Wildman–Crippen LogP) is 1.47. The summed E-state index contributed by atoms with van der Waals surface area (Å²) < 4.78 is 0. The Hall–Kier alpha value is -2.43. The van der Waals surface area contributed by atoms with Gasteiger partial charge in [-0.05, 0) is 5.56 Å². The number of benzene rings is 1. The fourth-order valence-corrected chi connectivity index (χ4v) is 1.55. The SMILES string of the molecule is O=C(O)c1c(O)ncnc1Cc1ccccc1. The van der Waals surface area contributed by atoms with E-state index in [2.05, 4.69) is 9.97 Å². The van der Waals surface area contributed by atoms with Crippen molar-refractivity contribution in [3.63, 3.8) is 0 Å². The van der Waals surface area contributed by atoms with Crippen molar-refractivity contribution in [2.75, 3.05) is 0 Å². The molecule has 0 amide bonds. The maximum Gasteiger partial charge on any atom is 0.343 e. The van der Waals surface area contributed by atoms with Crippen molar-refractivity contribution in [1.82, 2.24) is 9.97 Å². The molecule has 1 aromatic heterocycles. The summed E-state index contributed by atoms with van der Waals surface area (Å²) in [6, 6.07) is 9.32. The Bertz CT molecular complexity index is 541. The van der Waals surface area contributed by atoms with Gasteiger partial charge in [-0.3, -0.25) is 0 Å². The molecule has 2 N–H and O–H groups in total. The first-order valence-corrected chi connectivity index (χ1v) is 4.98. The fraction of sp³-hybridized carbons (Fsp3) is 0.0833. The molecule has 0 radical (unpaired) electrons. The van der Waals surface area contributed by atoms with E-state index in [1.807, 2.05) is 30.3 Å². The van der Waals surface area contributed by atoms with Crippen molar-refractivity contribution in [2.24, 2.45) is 0 Å². The first kappa shape index (κ1) is 11.1. The number of nitrogens with zero attached hydrogens (tertiary/aromatic N) is 2. The van der Waals surface area contributed by atoms with Crippen LogP contribution in [0.4, 0.5) is 0 Å². The highest BCUT2D eigenvalue weighted by molar-refractivity contribution is 5.91. The van der Waals surface area contributed by atoms with Gasteiger partial charge in [0.1, 0.15) is 11.9 Å². The quantitative estimate of drug-likeness (QED) is 0.834. The second-order valence-corrected chi connectivity index (χ2v) is 3.49. The number of hydrogen-bond acceptors (Lipinski definition) is 4. The van der Waals surface area contributed by atoms with Crippen LogP contribution in [0.3, 0.4) is 0 Å². The zero-order chi connectivity index (χ0) is 12.3. The highest BCUT2D eigenvalue weighted by atomic mass is 16.4. The summed E-state index contributed by atoms with van der Waals surface area (Å²) in [6.45, 7) is 0. The van der Waals surface area contributed by atoms with Crippen LogP contribution in [-0.2, 0) is 6.42 Å². The van der Waals surface area contributed by atoms with Crippen LogP contribution in [0.1, 0.15) is 21.6 Å². The molecular weight excluding hydrogens is 220 g/mol. The molecule has 5 nitrogen and oxygen atoms in total. The van der Waals surface area contributed by atoms with Crippen molar-refractivity contribution in [3.05, 3.63) is 53.5 Å². The molecule has 0 atom stereocenters. The van der Waals surface area contributed by atoms with Crippen molar-refractivity contribution in [2.45, 2.75) is 6.42 Å². The highest BCUT2D eigenvalue weighted by Gasteiger charge is 2.17. The highest BCUT2D eigenvalue weighted by Crippen LogP contribution is 2.18. The van der Waals surface area contributed by atoms with E-state index in [4.69, 9.17) is 5.11 Å². The van der Waals surface area contributed by atoms with Crippen LogP contribution in [0.5, 0.6) is 5.88 Å². The standard InChI is InChI=1S/C12H10N2O3/c15-11-10(12(16)17)9(13-7-14-11)6-8-4-2-1-3-5-8/h1-5,7H,6H2,(H,16,17)(H,13,14,15). The lowest BCUT2D eigenvalue weighted by Gasteiger charge is -2.05. The van der Waals surface area contributed by atoms with E-state index in [0.29, 0.717) is 12.1 Å². The lowest BCUT2D eigenvalue weighted by molar-refractivity contribution is 0.0691. The van der Waals surface area contributed by atoms with Crippen LogP contribution in [0.2, 0.25) is 0 Å². The molecule has 2 aromatic rings. The van der Waals surface area contributed by atoms with Crippen molar-refractivity contribution < 1.29 is 15.0 Å². The van der Waals surface area contributed by atoms with Crippen LogP contribution in [0.25, 0.3) is 0 Å². The minimum atomic E-state index is -1.23. The Balaban J connectivity index is 2.40. The number of carbonyl (C=O) groups is 1. The van der Waals surface area contributed by atoms with E-state index in [0.717, 1.165) is 11.9 Å². The molecule has 0 saturated heterocycles. The first-order valence-electron chi connectivity index (χ1n) is 4.98. The van der Waals surface area contributed by atoms with E-state index in [-0.39, 0.29) is 5.56 Å². The van der Waals surface area contributed by atoms with E-state index < -0.39 is 11.8 Å². The summed E-state index contributed by atoms with van der Waals surface area (Å²) in [6.07, 6.45) is 1.50. The van der Waals surface area contributed by atoms with Gasteiger partial charge in [0.25, 0.3) is 0 Å². The molecule has 17 heavy (non-hydrogen) atoms. The normalized spacial score (nSPS) is 10.1. The van der Waals surface area contributed by atoms with E-state index in [9.17, 15) is 9.90 Å². The van der Waals surface area contributed by atoms with Crippen LogP contribution in [0.15, 0.2) is 36.7 Å². The van der Waals surface area contributed by atoms with Gasteiger partial charge in [0, 0.05) is 6.42 Å². The van der Waals surface area contributed by atoms with Gasteiger partial charge in [-0.15, -0.1) is 0 Å². The van der Waals surface area contributed by atoms with E-state index >= 15 is 0 Å². The zero-order valence-corrected chi connectivity index (χ0v) is 8.87. The maximum absolute atomic E-state index is 11.0. The fourth-order valence-electron chi connectivity index (χ4n) is 1.55. The second kappa shape index (κ2) is 4.61. The van der Waals surface area contributed by atoms with E-state index in [1.165, 1.54) is 0 Å². The zero-order valence-electron chi connectivity index (χ0n) is 8.87. The lowest BCUT2D eigenvalue weighted by Crippen LogP contribution is -2.07. The first-order chi connectivity index (χ1) is 8.18. The average molecular weight is 230 g/mol. The summed E-state index contributed by atoms with van der Waals surface area (Å²) in [5, 5.41) is 18.4. The molecule has 0 unspecified atom stereocenters. The van der Waals surface area contributed by atoms with Gasteiger partial charge in [-0.2, -0.15) is 0 Å². The molecule has 0 saturated carbocycles. The Kier molecular flexibility index (Phi) is 3.00. The molecule has 0 aliphatic carbocycles. The lowest BCUT2D eigenvalue weighted by atomic mass is 10.1. The molecule has 0 bridgehead atoms. The number of carboxylic acid groups (broad SMARTS) is 1. The van der Waals surface area contributed by atoms with Gasteiger partial charge in [-0.1, -0.05) is 30.3 Å². The van der Waals surface area contributed by atoms with Crippen molar-refractivity contribution >= 4 is 5.97 Å².